The van der Waals surface area contributed by atoms with E-state index < -0.39 is 0 Å². The maximum absolute atomic E-state index is 5.64. The highest BCUT2D eigenvalue weighted by Crippen LogP contribution is 2.07. The average molecular weight is 235 g/mol. The van der Waals surface area contributed by atoms with E-state index in [1.165, 1.54) is 12.0 Å². The topological polar surface area (TPSA) is 21.3 Å². The lowest BCUT2D eigenvalue weighted by molar-refractivity contribution is 0.0607. The predicted octanol–water partition coefficient (Wildman–Crippen LogP) is 3.02. The normalized spacial score (nSPS) is 12.9. The van der Waals surface area contributed by atoms with Gasteiger partial charge in [-0.3, -0.25) is 0 Å². The fourth-order valence-corrected chi connectivity index (χ4v) is 1.82. The zero-order valence-electron chi connectivity index (χ0n) is 11.3. The van der Waals surface area contributed by atoms with Crippen LogP contribution >= 0.6 is 0 Å². The molecule has 0 aliphatic heterocycles. The predicted molar refractivity (Wildman–Crippen MR) is 73.3 cm³/mol. The quantitative estimate of drug-likeness (QED) is 0.748. The first-order chi connectivity index (χ1) is 8.22. The van der Waals surface area contributed by atoms with Gasteiger partial charge >= 0.3 is 0 Å². The lowest BCUT2D eigenvalue weighted by Gasteiger charge is -2.17. The van der Waals surface area contributed by atoms with Crippen LogP contribution in [0.15, 0.2) is 30.3 Å². The molecule has 0 radical (unpaired) electrons. The van der Waals surface area contributed by atoms with Crippen LogP contribution in [-0.2, 0) is 11.2 Å². The molecule has 0 spiro atoms. The Hall–Kier alpha value is -0.860. The maximum atomic E-state index is 5.64. The van der Waals surface area contributed by atoms with Crippen molar-refractivity contribution in [1.29, 1.82) is 0 Å². The second-order valence-corrected chi connectivity index (χ2v) is 4.75. The molecule has 1 rings (SSSR count). The summed E-state index contributed by atoms with van der Waals surface area (Å²) in [6, 6.07) is 11.1. The molecule has 1 aromatic carbocycles. The largest absolute Gasteiger partial charge is 0.377 e. The molecule has 0 amide bonds. The number of hydrogen-bond donors (Lipinski definition) is 1. The molecular formula is C15H25NO. The summed E-state index contributed by atoms with van der Waals surface area (Å²) in [5, 5.41) is 3.32. The van der Waals surface area contributed by atoms with Crippen LogP contribution in [0.2, 0.25) is 0 Å². The van der Waals surface area contributed by atoms with E-state index in [9.17, 15) is 0 Å². The molecule has 2 nitrogen and oxygen atoms in total. The molecule has 0 fully saturated rings. The Morgan fingerprint density at radius 3 is 2.47 bits per heavy atom. The van der Waals surface area contributed by atoms with Crippen LogP contribution in [0, 0.1) is 0 Å². The summed E-state index contributed by atoms with van der Waals surface area (Å²) < 4.78 is 5.64. The van der Waals surface area contributed by atoms with Gasteiger partial charge in [0.2, 0.25) is 0 Å². The van der Waals surface area contributed by atoms with Crippen molar-refractivity contribution >= 4 is 0 Å². The molecule has 17 heavy (non-hydrogen) atoms. The molecule has 0 aromatic heterocycles. The molecular weight excluding hydrogens is 210 g/mol. The fraction of sp³-hybridized carbons (Fsp3) is 0.600. The van der Waals surface area contributed by atoms with Gasteiger partial charge in [0, 0.05) is 6.04 Å². The summed E-state index contributed by atoms with van der Waals surface area (Å²) in [5.74, 6) is 0. The minimum Gasteiger partial charge on any atom is -0.377 e. The van der Waals surface area contributed by atoms with Crippen molar-refractivity contribution in [2.75, 3.05) is 13.7 Å². The molecule has 0 saturated carbocycles. The van der Waals surface area contributed by atoms with Gasteiger partial charge < -0.3 is 10.1 Å². The van der Waals surface area contributed by atoms with Gasteiger partial charge in [-0.25, -0.2) is 0 Å². The molecule has 0 bridgehead atoms. The number of rotatable bonds is 8. The average Bonchev–Trinajstić information content (AvgIpc) is 2.34. The lowest BCUT2D eigenvalue weighted by atomic mass is 10.1. The summed E-state index contributed by atoms with van der Waals surface area (Å²) >= 11 is 0. The highest BCUT2D eigenvalue weighted by Gasteiger charge is 2.07. The van der Waals surface area contributed by atoms with Crippen molar-refractivity contribution in [2.24, 2.45) is 0 Å². The highest BCUT2D eigenvalue weighted by molar-refractivity contribution is 5.14. The molecule has 1 unspecified atom stereocenters. The van der Waals surface area contributed by atoms with Crippen LogP contribution in [0.4, 0.5) is 0 Å². The third-order valence-electron chi connectivity index (χ3n) is 2.90. The molecule has 1 N–H and O–H groups in total. The van der Waals surface area contributed by atoms with Crippen molar-refractivity contribution in [3.8, 4) is 0 Å². The van der Waals surface area contributed by atoms with Crippen LogP contribution in [0.5, 0.6) is 0 Å². The first-order valence-electron chi connectivity index (χ1n) is 6.55. The number of ether oxygens (including phenoxy) is 1. The molecule has 0 aliphatic carbocycles. The van der Waals surface area contributed by atoms with Gasteiger partial charge in [0.15, 0.2) is 0 Å². The van der Waals surface area contributed by atoms with E-state index >= 15 is 0 Å². The Kier molecular flexibility index (Phi) is 6.90. The van der Waals surface area contributed by atoms with Crippen molar-refractivity contribution in [2.45, 2.75) is 45.3 Å². The second-order valence-electron chi connectivity index (χ2n) is 4.75. The fourth-order valence-electron chi connectivity index (χ4n) is 1.82. The van der Waals surface area contributed by atoms with Gasteiger partial charge in [-0.1, -0.05) is 30.3 Å². The van der Waals surface area contributed by atoms with E-state index in [-0.39, 0.29) is 0 Å². The van der Waals surface area contributed by atoms with E-state index in [4.69, 9.17) is 4.74 Å². The summed E-state index contributed by atoms with van der Waals surface area (Å²) in [6.07, 6.45) is 3.84. The molecule has 0 heterocycles. The van der Waals surface area contributed by atoms with Crippen molar-refractivity contribution in [3.63, 3.8) is 0 Å². The van der Waals surface area contributed by atoms with Gasteiger partial charge in [0.05, 0.1) is 12.7 Å². The Morgan fingerprint density at radius 1 is 1.18 bits per heavy atom. The van der Waals surface area contributed by atoms with Gasteiger partial charge in [0.1, 0.15) is 0 Å². The summed E-state index contributed by atoms with van der Waals surface area (Å²) in [5.41, 5.74) is 1.42. The molecule has 0 saturated heterocycles. The SMILES string of the molecule is CNC(CCCc1ccccc1)COC(C)C. The van der Waals surface area contributed by atoms with Crippen molar-refractivity contribution in [3.05, 3.63) is 35.9 Å². The highest BCUT2D eigenvalue weighted by atomic mass is 16.5. The van der Waals surface area contributed by atoms with Gasteiger partial charge in [-0.05, 0) is 45.7 Å². The number of aryl methyl sites for hydroxylation is 1. The standard InChI is InChI=1S/C15H25NO/c1-13(2)17-12-15(16-3)11-7-10-14-8-5-4-6-9-14/h4-6,8-9,13,15-16H,7,10-12H2,1-3H3. The van der Waals surface area contributed by atoms with Gasteiger partial charge in [-0.15, -0.1) is 0 Å². The maximum Gasteiger partial charge on any atom is 0.0622 e. The van der Waals surface area contributed by atoms with E-state index in [0.717, 1.165) is 19.4 Å². The first kappa shape index (κ1) is 14.2. The number of hydrogen-bond acceptors (Lipinski definition) is 2. The van der Waals surface area contributed by atoms with E-state index in [1.807, 2.05) is 7.05 Å². The van der Waals surface area contributed by atoms with Crippen LogP contribution in [0.3, 0.4) is 0 Å². The molecule has 2 heteroatoms. The van der Waals surface area contributed by atoms with E-state index in [1.54, 1.807) is 0 Å². The first-order valence-corrected chi connectivity index (χ1v) is 6.55. The molecule has 0 aliphatic rings. The van der Waals surface area contributed by atoms with Crippen LogP contribution in [-0.4, -0.2) is 25.8 Å². The number of nitrogens with one attached hydrogen (secondary N) is 1. The number of likely N-dealkylation sites (N-methyl/N-ethyl adjacent to an activating group) is 1. The second kappa shape index (κ2) is 8.26. The van der Waals surface area contributed by atoms with Crippen LogP contribution in [0.1, 0.15) is 32.3 Å². The van der Waals surface area contributed by atoms with Crippen molar-refractivity contribution in [1.82, 2.24) is 5.32 Å². The van der Waals surface area contributed by atoms with Gasteiger partial charge in [-0.2, -0.15) is 0 Å². The Bertz CT molecular complexity index is 284. The monoisotopic (exact) mass is 235 g/mol. The van der Waals surface area contributed by atoms with Crippen LogP contribution < -0.4 is 5.32 Å². The third-order valence-corrected chi connectivity index (χ3v) is 2.90. The lowest BCUT2D eigenvalue weighted by Crippen LogP contribution is -2.31. The van der Waals surface area contributed by atoms with E-state index in [2.05, 4.69) is 49.5 Å². The summed E-state index contributed by atoms with van der Waals surface area (Å²) in [7, 11) is 2.01. The molecule has 1 aromatic rings. The van der Waals surface area contributed by atoms with Crippen LogP contribution in [0.25, 0.3) is 0 Å². The smallest absolute Gasteiger partial charge is 0.0622 e. The molecule has 1 atom stereocenters. The minimum absolute atomic E-state index is 0.319. The summed E-state index contributed by atoms with van der Waals surface area (Å²) in [4.78, 5) is 0. The van der Waals surface area contributed by atoms with E-state index in [0.29, 0.717) is 12.1 Å². The molecule has 96 valence electrons. The van der Waals surface area contributed by atoms with Gasteiger partial charge in [0.25, 0.3) is 0 Å². The Morgan fingerprint density at radius 2 is 1.88 bits per heavy atom. The zero-order valence-corrected chi connectivity index (χ0v) is 11.3. The summed E-state index contributed by atoms with van der Waals surface area (Å²) in [6.45, 7) is 4.97. The number of benzene rings is 1. The Labute approximate surface area is 105 Å². The third kappa shape index (κ3) is 6.44. The zero-order chi connectivity index (χ0) is 12.5. The minimum atomic E-state index is 0.319. The van der Waals surface area contributed by atoms with Crippen molar-refractivity contribution < 1.29 is 4.74 Å². The Balaban J connectivity index is 2.19.